The molecule has 0 aliphatic heterocycles. The van der Waals surface area contributed by atoms with E-state index in [9.17, 15) is 0 Å². The highest BCUT2D eigenvalue weighted by molar-refractivity contribution is 5.85. The summed E-state index contributed by atoms with van der Waals surface area (Å²) >= 11 is 0. The number of rotatable bonds is 0. The maximum Gasteiger partial charge on any atom is 0.0587 e. The molecule has 0 N–H and O–H groups in total. The molecule has 0 spiro atoms. The van der Waals surface area contributed by atoms with Crippen molar-refractivity contribution in [2.75, 3.05) is 0 Å². The van der Waals surface area contributed by atoms with Crippen LogP contribution in [0.25, 0.3) is 0 Å². The Morgan fingerprint density at radius 3 is 1.75 bits per heavy atom. The summed E-state index contributed by atoms with van der Waals surface area (Å²) < 4.78 is 0. The van der Waals surface area contributed by atoms with Gasteiger partial charge in [-0.1, -0.05) is 0 Å². The molecule has 0 radical (unpaired) electrons. The van der Waals surface area contributed by atoms with Gasteiger partial charge in [0.15, 0.2) is 0 Å². The summed E-state index contributed by atoms with van der Waals surface area (Å²) in [6.07, 6.45) is 0. The van der Waals surface area contributed by atoms with E-state index in [1.54, 1.807) is 6.07 Å². The SMILES string of the molecule is CC#N.Cl. The predicted octanol–water partition coefficient (Wildman–Crippen LogP) is 0.952. The minimum absolute atomic E-state index is 0. The van der Waals surface area contributed by atoms with Crippen LogP contribution in [0.3, 0.4) is 0 Å². The maximum atomic E-state index is 7.32. The standard InChI is InChI=1S/C2H3N.ClH/c1-2-3;/h1H3;1H. The third-order valence-electron chi connectivity index (χ3n) is 0. The van der Waals surface area contributed by atoms with Gasteiger partial charge in [0.2, 0.25) is 0 Å². The molecule has 0 saturated carbocycles. The first-order valence-electron chi connectivity index (χ1n) is 0.724. The molecule has 4 heavy (non-hydrogen) atoms. The zero-order chi connectivity index (χ0) is 2.71. The Morgan fingerprint density at radius 2 is 1.75 bits per heavy atom. The molecule has 0 atom stereocenters. The van der Waals surface area contributed by atoms with Crippen molar-refractivity contribution in [1.29, 1.82) is 5.26 Å². The van der Waals surface area contributed by atoms with Crippen molar-refractivity contribution in [3.05, 3.63) is 0 Å². The molecule has 2 heteroatoms. The zero-order valence-electron chi connectivity index (χ0n) is 2.36. The minimum Gasteiger partial charge on any atom is -0.199 e. The molecule has 0 saturated heterocycles. The lowest BCUT2D eigenvalue weighted by molar-refractivity contribution is 1.49. The van der Waals surface area contributed by atoms with Gasteiger partial charge in [-0.25, -0.2) is 0 Å². The Hall–Kier alpha value is -0.220. The molecule has 0 aromatic rings. The van der Waals surface area contributed by atoms with Gasteiger partial charge in [0.1, 0.15) is 0 Å². The summed E-state index contributed by atoms with van der Waals surface area (Å²) in [4.78, 5) is 0. The zero-order valence-corrected chi connectivity index (χ0v) is 3.17. The highest BCUT2D eigenvalue weighted by atomic mass is 35.5. The normalized spacial score (nSPS) is 2.00. The Balaban J connectivity index is 0. The van der Waals surface area contributed by atoms with Crippen LogP contribution in [0.5, 0.6) is 0 Å². The van der Waals surface area contributed by atoms with E-state index in [0.717, 1.165) is 0 Å². The molecule has 1 nitrogen and oxygen atoms in total. The Morgan fingerprint density at radius 1 is 1.75 bits per heavy atom. The van der Waals surface area contributed by atoms with Crippen LogP contribution >= 0.6 is 12.4 Å². The lowest BCUT2D eigenvalue weighted by atomic mass is 11.0. The van der Waals surface area contributed by atoms with E-state index in [0.29, 0.717) is 0 Å². The second-order valence-electron chi connectivity index (χ2n) is 0.224. The third-order valence-corrected chi connectivity index (χ3v) is 0. The van der Waals surface area contributed by atoms with Crippen molar-refractivity contribution in [2.24, 2.45) is 0 Å². The lowest BCUT2D eigenvalue weighted by Crippen LogP contribution is -1.10. The molecular formula is C2H4ClN. The van der Waals surface area contributed by atoms with Gasteiger partial charge in [0.25, 0.3) is 0 Å². The lowest BCUT2D eigenvalue weighted by Gasteiger charge is -1.15. The van der Waals surface area contributed by atoms with Crippen LogP contribution < -0.4 is 0 Å². The highest BCUT2D eigenvalue weighted by Crippen LogP contribution is 1.21. The molecule has 0 aromatic carbocycles. The Kier molecular flexibility index (Phi) is 33.4. The van der Waals surface area contributed by atoms with Crippen molar-refractivity contribution in [3.8, 4) is 6.07 Å². The molecule has 0 amide bonds. The number of hydrogen-bond acceptors (Lipinski definition) is 1. The fraction of sp³-hybridized carbons (Fsp3) is 0.500. The number of halogens is 1. The molecule has 24 valence electrons. The number of nitriles is 1. The van der Waals surface area contributed by atoms with Crippen molar-refractivity contribution in [2.45, 2.75) is 6.92 Å². The largest absolute Gasteiger partial charge is 0.199 e. The first-order chi connectivity index (χ1) is 1.41. The van der Waals surface area contributed by atoms with E-state index in [4.69, 9.17) is 5.26 Å². The summed E-state index contributed by atoms with van der Waals surface area (Å²) in [6, 6.07) is 1.75. The fourth-order valence-corrected chi connectivity index (χ4v) is 0. The average molecular weight is 77.5 g/mol. The van der Waals surface area contributed by atoms with Gasteiger partial charge in [0.05, 0.1) is 6.07 Å². The molecular weight excluding hydrogens is 73.5 g/mol. The van der Waals surface area contributed by atoms with E-state index in [2.05, 4.69) is 0 Å². The van der Waals surface area contributed by atoms with Crippen LogP contribution in [0, 0.1) is 11.3 Å². The first-order valence-corrected chi connectivity index (χ1v) is 0.724. The molecule has 0 rings (SSSR count). The van der Waals surface area contributed by atoms with E-state index >= 15 is 0 Å². The van der Waals surface area contributed by atoms with Crippen molar-refractivity contribution >= 4 is 12.4 Å². The summed E-state index contributed by atoms with van der Waals surface area (Å²) in [7, 11) is 0. The minimum atomic E-state index is 0. The van der Waals surface area contributed by atoms with Crippen LogP contribution in [0.1, 0.15) is 6.92 Å². The van der Waals surface area contributed by atoms with Crippen molar-refractivity contribution in [1.82, 2.24) is 0 Å². The summed E-state index contributed by atoms with van der Waals surface area (Å²) in [5.41, 5.74) is 0. The molecule has 0 fully saturated rings. The summed E-state index contributed by atoms with van der Waals surface area (Å²) in [5.74, 6) is 0. The fourth-order valence-electron chi connectivity index (χ4n) is 0. The van der Waals surface area contributed by atoms with Crippen molar-refractivity contribution in [3.63, 3.8) is 0 Å². The van der Waals surface area contributed by atoms with Crippen LogP contribution in [-0.2, 0) is 0 Å². The van der Waals surface area contributed by atoms with Gasteiger partial charge in [0, 0.05) is 6.92 Å². The van der Waals surface area contributed by atoms with Gasteiger partial charge < -0.3 is 0 Å². The van der Waals surface area contributed by atoms with E-state index in [1.165, 1.54) is 6.92 Å². The van der Waals surface area contributed by atoms with E-state index in [-0.39, 0.29) is 12.4 Å². The monoisotopic (exact) mass is 77.0 g/mol. The molecule has 0 unspecified atom stereocenters. The van der Waals surface area contributed by atoms with Crippen LogP contribution in [-0.4, -0.2) is 0 Å². The Labute approximate surface area is 31.6 Å². The number of nitrogens with zero attached hydrogens (tertiary/aromatic N) is 1. The van der Waals surface area contributed by atoms with E-state index < -0.39 is 0 Å². The highest BCUT2D eigenvalue weighted by Gasteiger charge is 1.17. The Bertz CT molecular complexity index is 27.5. The van der Waals surface area contributed by atoms with E-state index in [1.807, 2.05) is 0 Å². The molecule has 0 aliphatic rings. The van der Waals surface area contributed by atoms with Crippen molar-refractivity contribution < 1.29 is 0 Å². The molecule has 0 aliphatic carbocycles. The summed E-state index contributed by atoms with van der Waals surface area (Å²) in [6.45, 7) is 1.43. The number of hydrogen-bond donors (Lipinski definition) is 0. The van der Waals surface area contributed by atoms with Gasteiger partial charge in [-0.15, -0.1) is 12.4 Å². The van der Waals surface area contributed by atoms with Crippen LogP contribution in [0.2, 0.25) is 0 Å². The van der Waals surface area contributed by atoms with Crippen LogP contribution in [0.4, 0.5) is 0 Å². The second-order valence-corrected chi connectivity index (χ2v) is 0.224. The van der Waals surface area contributed by atoms with Gasteiger partial charge in [-0.2, -0.15) is 5.26 Å². The molecule has 0 aromatic heterocycles. The smallest absolute Gasteiger partial charge is 0.0587 e. The summed E-state index contributed by atoms with van der Waals surface area (Å²) in [5, 5.41) is 7.32. The maximum absolute atomic E-state index is 7.32. The molecule has 0 bridgehead atoms. The van der Waals surface area contributed by atoms with Gasteiger partial charge >= 0.3 is 0 Å². The molecule has 0 heterocycles. The first kappa shape index (κ1) is 9.22. The second kappa shape index (κ2) is 14.5. The third kappa shape index (κ3) is 22.4. The topological polar surface area (TPSA) is 23.8 Å². The quantitative estimate of drug-likeness (QED) is 0.422. The predicted molar refractivity (Wildman–Crippen MR) is 18.5 cm³/mol. The van der Waals surface area contributed by atoms with Crippen LogP contribution in [0.15, 0.2) is 0 Å². The van der Waals surface area contributed by atoms with Gasteiger partial charge in [-0.05, 0) is 0 Å². The average Bonchev–Trinajstić information content (AvgIpc) is 0.918. The van der Waals surface area contributed by atoms with Gasteiger partial charge in [-0.3, -0.25) is 0 Å².